The fourth-order valence-corrected chi connectivity index (χ4v) is 1.47. The number of Topliss-reactive ketones (excluding diaryl/α,β-unsaturated/α-hetero) is 1. The van der Waals surface area contributed by atoms with E-state index in [0.29, 0.717) is 17.0 Å². The van der Waals surface area contributed by atoms with Gasteiger partial charge in [-0.15, -0.1) is 0 Å². The van der Waals surface area contributed by atoms with Gasteiger partial charge in [-0.05, 0) is 25.0 Å². The topological polar surface area (TPSA) is 56.2 Å². The predicted molar refractivity (Wildman–Crippen MR) is 57.4 cm³/mol. The number of furan rings is 1. The first-order valence-corrected chi connectivity index (χ1v) is 4.58. The van der Waals surface area contributed by atoms with E-state index < -0.39 is 0 Å². The molecule has 1 heterocycles. The lowest BCUT2D eigenvalue weighted by atomic mass is 9.97. The molecule has 1 aromatic heterocycles. The van der Waals surface area contributed by atoms with Crippen molar-refractivity contribution in [2.24, 2.45) is 11.7 Å². The standard InChI is InChI=1S/C11H15NO2.H2/c1-7(2)10(8(3)13)11(12)9-5-4-6-14-9;/h4-7H,12H2,1-3H3;1H/b11-10-;. The zero-order chi connectivity index (χ0) is 10.7. The Morgan fingerprint density at radius 2 is 2.21 bits per heavy atom. The van der Waals surface area contributed by atoms with Crippen molar-refractivity contribution in [1.29, 1.82) is 0 Å². The summed E-state index contributed by atoms with van der Waals surface area (Å²) in [5.74, 6) is 0.662. The molecular formula is C11H17NO2. The van der Waals surface area contributed by atoms with Crippen LogP contribution < -0.4 is 5.73 Å². The minimum atomic E-state index is -0.00565. The van der Waals surface area contributed by atoms with Crippen molar-refractivity contribution in [3.8, 4) is 0 Å². The molecule has 3 nitrogen and oxygen atoms in total. The van der Waals surface area contributed by atoms with Gasteiger partial charge in [-0.1, -0.05) is 13.8 Å². The van der Waals surface area contributed by atoms with Crippen molar-refractivity contribution in [3.63, 3.8) is 0 Å². The first kappa shape index (κ1) is 10.6. The lowest BCUT2D eigenvalue weighted by molar-refractivity contribution is -0.114. The normalized spacial score (nSPS) is 12.9. The van der Waals surface area contributed by atoms with Crippen molar-refractivity contribution in [1.82, 2.24) is 0 Å². The first-order chi connectivity index (χ1) is 6.54. The maximum atomic E-state index is 11.3. The van der Waals surface area contributed by atoms with Crippen molar-refractivity contribution in [2.75, 3.05) is 0 Å². The molecule has 78 valence electrons. The lowest BCUT2D eigenvalue weighted by Crippen LogP contribution is -2.12. The molecule has 0 radical (unpaired) electrons. The third kappa shape index (κ3) is 2.05. The molecule has 3 heteroatoms. The van der Waals surface area contributed by atoms with Gasteiger partial charge in [0.2, 0.25) is 0 Å². The Bertz CT molecular complexity index is 353. The number of rotatable bonds is 3. The summed E-state index contributed by atoms with van der Waals surface area (Å²) >= 11 is 0. The first-order valence-electron chi connectivity index (χ1n) is 4.58. The molecule has 0 amide bonds. The van der Waals surface area contributed by atoms with E-state index in [1.807, 2.05) is 13.8 Å². The highest BCUT2D eigenvalue weighted by Gasteiger charge is 2.15. The molecule has 0 aromatic carbocycles. The van der Waals surface area contributed by atoms with Gasteiger partial charge in [0.25, 0.3) is 0 Å². The number of carbonyl (C=O) groups excluding carboxylic acids is 1. The minimum Gasteiger partial charge on any atom is -0.463 e. The molecule has 0 aliphatic carbocycles. The molecule has 0 atom stereocenters. The molecule has 0 bridgehead atoms. The Kier molecular flexibility index (Phi) is 3.12. The second-order valence-electron chi connectivity index (χ2n) is 3.52. The fraction of sp³-hybridized carbons (Fsp3) is 0.364. The lowest BCUT2D eigenvalue weighted by Gasteiger charge is -2.10. The summed E-state index contributed by atoms with van der Waals surface area (Å²) in [7, 11) is 0. The van der Waals surface area contributed by atoms with Gasteiger partial charge in [-0.2, -0.15) is 0 Å². The third-order valence-corrected chi connectivity index (χ3v) is 2.03. The van der Waals surface area contributed by atoms with Crippen LogP contribution in [0.2, 0.25) is 0 Å². The van der Waals surface area contributed by atoms with E-state index in [1.54, 1.807) is 18.4 Å². The molecule has 0 aliphatic rings. The highest BCUT2D eigenvalue weighted by molar-refractivity contribution is 6.00. The summed E-state index contributed by atoms with van der Waals surface area (Å²) in [5.41, 5.74) is 6.92. The van der Waals surface area contributed by atoms with Crippen LogP contribution in [0.3, 0.4) is 0 Å². The van der Waals surface area contributed by atoms with Gasteiger partial charge in [0.05, 0.1) is 12.0 Å². The van der Waals surface area contributed by atoms with E-state index in [1.165, 1.54) is 6.92 Å². The maximum absolute atomic E-state index is 11.3. The Balaban J connectivity index is 0.00000196. The highest BCUT2D eigenvalue weighted by atomic mass is 16.3. The molecule has 0 fully saturated rings. The molecule has 0 saturated carbocycles. The van der Waals surface area contributed by atoms with Crippen molar-refractivity contribution < 1.29 is 10.6 Å². The van der Waals surface area contributed by atoms with Crippen LogP contribution in [0.1, 0.15) is 28.0 Å². The average molecular weight is 195 g/mol. The van der Waals surface area contributed by atoms with Crippen LogP contribution in [-0.4, -0.2) is 5.78 Å². The van der Waals surface area contributed by atoms with E-state index in [9.17, 15) is 4.79 Å². The van der Waals surface area contributed by atoms with Gasteiger partial charge < -0.3 is 10.2 Å². The molecule has 1 aromatic rings. The second kappa shape index (κ2) is 4.13. The number of nitrogens with two attached hydrogens (primary N) is 1. The van der Waals surface area contributed by atoms with Gasteiger partial charge in [0.1, 0.15) is 5.76 Å². The monoisotopic (exact) mass is 195 g/mol. The SMILES string of the molecule is CC(=O)/C(=C(\N)c1ccco1)C(C)C.[HH]. The summed E-state index contributed by atoms with van der Waals surface area (Å²) in [6.45, 7) is 5.39. The van der Waals surface area contributed by atoms with Crippen LogP contribution in [0.15, 0.2) is 28.4 Å². The van der Waals surface area contributed by atoms with Gasteiger partial charge in [-0.3, -0.25) is 4.79 Å². The number of allylic oxidation sites excluding steroid dienone is 1. The van der Waals surface area contributed by atoms with Crippen molar-refractivity contribution in [2.45, 2.75) is 20.8 Å². The van der Waals surface area contributed by atoms with E-state index >= 15 is 0 Å². The van der Waals surface area contributed by atoms with Gasteiger partial charge >= 0.3 is 0 Å². The molecular weight excluding hydrogens is 178 g/mol. The Morgan fingerprint density at radius 1 is 1.57 bits per heavy atom. The third-order valence-electron chi connectivity index (χ3n) is 2.03. The van der Waals surface area contributed by atoms with Crippen LogP contribution in [0.25, 0.3) is 5.70 Å². The summed E-state index contributed by atoms with van der Waals surface area (Å²) in [6, 6.07) is 3.50. The zero-order valence-electron chi connectivity index (χ0n) is 8.70. The van der Waals surface area contributed by atoms with Crippen LogP contribution >= 0.6 is 0 Å². The van der Waals surface area contributed by atoms with Crippen LogP contribution in [-0.2, 0) is 4.79 Å². The molecule has 14 heavy (non-hydrogen) atoms. The summed E-state index contributed by atoms with van der Waals surface area (Å²) in [5, 5.41) is 0. The smallest absolute Gasteiger partial charge is 0.158 e. The average Bonchev–Trinajstić information content (AvgIpc) is 2.53. The Labute approximate surface area is 85.1 Å². The van der Waals surface area contributed by atoms with Crippen LogP contribution in [0.5, 0.6) is 0 Å². The van der Waals surface area contributed by atoms with Crippen LogP contribution in [0, 0.1) is 5.92 Å². The van der Waals surface area contributed by atoms with Crippen molar-refractivity contribution >= 4 is 11.5 Å². The van der Waals surface area contributed by atoms with Gasteiger partial charge in [0.15, 0.2) is 5.78 Å². The largest absolute Gasteiger partial charge is 0.463 e. The maximum Gasteiger partial charge on any atom is 0.158 e. The molecule has 1 rings (SSSR count). The summed E-state index contributed by atoms with van der Waals surface area (Å²) in [6.07, 6.45) is 1.54. The predicted octanol–water partition coefficient (Wildman–Crippen LogP) is 2.44. The van der Waals surface area contributed by atoms with E-state index in [2.05, 4.69) is 0 Å². The second-order valence-corrected chi connectivity index (χ2v) is 3.52. The van der Waals surface area contributed by atoms with E-state index in [0.717, 1.165) is 0 Å². The molecule has 0 aliphatic heterocycles. The molecule has 0 unspecified atom stereocenters. The summed E-state index contributed by atoms with van der Waals surface area (Å²) < 4.78 is 5.14. The van der Waals surface area contributed by atoms with E-state index in [4.69, 9.17) is 10.2 Å². The Hall–Kier alpha value is -1.51. The number of hydrogen-bond donors (Lipinski definition) is 1. The zero-order valence-corrected chi connectivity index (χ0v) is 8.70. The molecule has 2 N–H and O–H groups in total. The fourth-order valence-electron chi connectivity index (χ4n) is 1.47. The van der Waals surface area contributed by atoms with E-state index in [-0.39, 0.29) is 13.1 Å². The summed E-state index contributed by atoms with van der Waals surface area (Å²) in [4.78, 5) is 11.3. The molecule has 0 saturated heterocycles. The quantitative estimate of drug-likeness (QED) is 0.753. The number of ketones is 1. The van der Waals surface area contributed by atoms with Gasteiger partial charge in [0, 0.05) is 7.00 Å². The van der Waals surface area contributed by atoms with Crippen LogP contribution in [0.4, 0.5) is 0 Å². The van der Waals surface area contributed by atoms with Crippen molar-refractivity contribution in [3.05, 3.63) is 29.7 Å². The minimum absolute atomic E-state index is 0. The number of hydrogen-bond acceptors (Lipinski definition) is 3. The number of carbonyl (C=O) groups is 1. The highest BCUT2D eigenvalue weighted by Crippen LogP contribution is 2.20. The Morgan fingerprint density at radius 3 is 2.57 bits per heavy atom. The van der Waals surface area contributed by atoms with Gasteiger partial charge in [-0.25, -0.2) is 0 Å². The molecule has 0 spiro atoms.